The van der Waals surface area contributed by atoms with E-state index in [-0.39, 0.29) is 23.7 Å². The van der Waals surface area contributed by atoms with Gasteiger partial charge in [-0.25, -0.2) is 19.5 Å². The van der Waals surface area contributed by atoms with Gasteiger partial charge in [-0.3, -0.25) is 4.79 Å². The predicted molar refractivity (Wildman–Crippen MR) is 113 cm³/mol. The summed E-state index contributed by atoms with van der Waals surface area (Å²) in [5.74, 6) is -2.99. The zero-order valence-corrected chi connectivity index (χ0v) is 18.0. The number of carboxylic acids is 1. The molecule has 0 saturated carbocycles. The largest absolute Gasteiger partial charge is 0.586 e. The van der Waals surface area contributed by atoms with Crippen molar-refractivity contribution in [1.82, 2.24) is 15.2 Å². The van der Waals surface area contributed by atoms with E-state index < -0.39 is 42.2 Å². The number of ether oxygens (including phenoxy) is 2. The maximum atomic E-state index is 13.3. The SMILES string of the molecule is CCC[C@@H](NC(=O)N1C(=O)[C@H](Cc2ccnc(N)c2)[C@H]1C(=O)O)c1ccc2c(c1)OC(F)(F)O2. The lowest BCUT2D eigenvalue weighted by Gasteiger charge is -2.43. The van der Waals surface area contributed by atoms with Gasteiger partial charge in [-0.1, -0.05) is 19.4 Å². The van der Waals surface area contributed by atoms with Crippen LogP contribution in [0.5, 0.6) is 11.5 Å². The van der Waals surface area contributed by atoms with E-state index in [1.54, 1.807) is 6.07 Å². The maximum Gasteiger partial charge on any atom is 0.586 e. The van der Waals surface area contributed by atoms with E-state index in [9.17, 15) is 28.3 Å². The number of alkyl halides is 2. The van der Waals surface area contributed by atoms with Crippen LogP contribution in [0, 0.1) is 5.92 Å². The van der Waals surface area contributed by atoms with Gasteiger partial charge in [0.05, 0.1) is 12.0 Å². The van der Waals surface area contributed by atoms with Crippen LogP contribution in [-0.4, -0.2) is 45.2 Å². The lowest BCUT2D eigenvalue weighted by Crippen LogP contribution is -2.68. The number of urea groups is 1. The molecule has 0 bridgehead atoms. The van der Waals surface area contributed by atoms with E-state index in [4.69, 9.17) is 5.73 Å². The normalized spacial score (nSPS) is 21.0. The van der Waals surface area contributed by atoms with Gasteiger partial charge in [-0.05, 0) is 48.2 Å². The van der Waals surface area contributed by atoms with E-state index in [2.05, 4.69) is 19.8 Å². The number of rotatable bonds is 7. The molecule has 1 saturated heterocycles. The van der Waals surface area contributed by atoms with Gasteiger partial charge >= 0.3 is 18.3 Å². The highest BCUT2D eigenvalue weighted by Gasteiger charge is 2.55. The minimum absolute atomic E-state index is 0.0844. The molecule has 3 amide bonds. The molecule has 0 spiro atoms. The van der Waals surface area contributed by atoms with Gasteiger partial charge in [-0.2, -0.15) is 0 Å². The van der Waals surface area contributed by atoms with Crippen LogP contribution in [0.2, 0.25) is 0 Å². The molecule has 4 N–H and O–H groups in total. The molecule has 2 aromatic rings. The number of carbonyl (C=O) groups excluding carboxylic acids is 2. The molecule has 180 valence electrons. The smallest absolute Gasteiger partial charge is 0.480 e. The van der Waals surface area contributed by atoms with Crippen LogP contribution in [-0.2, 0) is 16.0 Å². The Hall–Kier alpha value is -3.96. The molecule has 0 unspecified atom stereocenters. The van der Waals surface area contributed by atoms with Crippen molar-refractivity contribution in [3.8, 4) is 11.5 Å². The fourth-order valence-electron chi connectivity index (χ4n) is 4.14. The summed E-state index contributed by atoms with van der Waals surface area (Å²) in [6, 6.07) is 4.34. The minimum atomic E-state index is -3.78. The zero-order valence-electron chi connectivity index (χ0n) is 18.0. The highest BCUT2D eigenvalue weighted by atomic mass is 19.3. The Bertz CT molecular complexity index is 1140. The number of likely N-dealkylation sites (tertiary alicyclic amines) is 1. The Labute approximate surface area is 192 Å². The van der Waals surface area contributed by atoms with E-state index >= 15 is 0 Å². The summed E-state index contributed by atoms with van der Waals surface area (Å²) in [5.41, 5.74) is 6.71. The van der Waals surface area contributed by atoms with Crippen LogP contribution in [0.3, 0.4) is 0 Å². The van der Waals surface area contributed by atoms with Gasteiger partial charge in [0.1, 0.15) is 5.82 Å². The van der Waals surface area contributed by atoms with Crippen molar-refractivity contribution >= 4 is 23.7 Å². The summed E-state index contributed by atoms with van der Waals surface area (Å²) in [6.07, 6.45) is -1.23. The minimum Gasteiger partial charge on any atom is -0.480 e. The van der Waals surface area contributed by atoms with E-state index in [0.29, 0.717) is 28.9 Å². The van der Waals surface area contributed by atoms with Crippen molar-refractivity contribution in [3.63, 3.8) is 0 Å². The van der Waals surface area contributed by atoms with Gasteiger partial charge in [0.15, 0.2) is 17.5 Å². The van der Waals surface area contributed by atoms with E-state index in [1.807, 2.05) is 6.92 Å². The van der Waals surface area contributed by atoms with E-state index in [1.165, 1.54) is 30.5 Å². The number of benzene rings is 1. The van der Waals surface area contributed by atoms with Gasteiger partial charge < -0.3 is 25.6 Å². The molecule has 2 aliphatic heterocycles. The van der Waals surface area contributed by atoms with Gasteiger partial charge in [-0.15, -0.1) is 8.78 Å². The van der Waals surface area contributed by atoms with Crippen molar-refractivity contribution in [1.29, 1.82) is 0 Å². The molecule has 3 heterocycles. The summed E-state index contributed by atoms with van der Waals surface area (Å²) in [4.78, 5) is 42.1. The first-order valence-corrected chi connectivity index (χ1v) is 10.6. The number of hydrogen-bond acceptors (Lipinski definition) is 7. The van der Waals surface area contributed by atoms with Crippen molar-refractivity contribution in [2.45, 2.75) is 44.6 Å². The van der Waals surface area contributed by atoms with Crippen LogP contribution in [0.15, 0.2) is 36.5 Å². The number of hydrogen-bond donors (Lipinski definition) is 3. The molecule has 0 aliphatic carbocycles. The summed E-state index contributed by atoms with van der Waals surface area (Å²) >= 11 is 0. The predicted octanol–water partition coefficient (Wildman–Crippen LogP) is 2.69. The Balaban J connectivity index is 1.50. The van der Waals surface area contributed by atoms with Gasteiger partial charge in [0, 0.05) is 6.20 Å². The second kappa shape index (κ2) is 8.76. The number of nitrogens with one attached hydrogen (secondary N) is 1. The molecule has 1 aromatic heterocycles. The summed E-state index contributed by atoms with van der Waals surface area (Å²) in [7, 11) is 0. The fraction of sp³-hybridized carbons (Fsp3) is 0.364. The summed E-state index contributed by atoms with van der Waals surface area (Å²) in [5, 5.41) is 12.3. The molecule has 0 radical (unpaired) electrons. The standard InChI is InChI=1S/C22H22F2N4O6/c1-2-3-14(12-4-5-15-16(10-12)34-22(23,24)33-15)27-21(32)28-18(20(30)31)13(19(28)29)8-11-6-7-26-17(25)9-11/h4-7,9-10,13-14,18H,2-3,8H2,1H3,(H2,25,26)(H,27,32)(H,30,31)/t13-,14-,18+/m1/s1. The number of fused-ring (bicyclic) bond motifs is 1. The first kappa shape index (κ1) is 23.2. The number of amides is 3. The summed E-state index contributed by atoms with van der Waals surface area (Å²) < 4.78 is 35.5. The van der Waals surface area contributed by atoms with Crippen LogP contribution >= 0.6 is 0 Å². The topological polar surface area (TPSA) is 144 Å². The maximum absolute atomic E-state index is 13.3. The van der Waals surface area contributed by atoms with E-state index in [0.717, 1.165) is 0 Å². The molecule has 1 fully saturated rings. The highest BCUT2D eigenvalue weighted by Crippen LogP contribution is 2.42. The first-order chi connectivity index (χ1) is 16.1. The Kier molecular flexibility index (Phi) is 5.98. The van der Waals surface area contributed by atoms with Crippen LogP contribution in [0.25, 0.3) is 0 Å². The molecule has 4 rings (SSSR count). The highest BCUT2D eigenvalue weighted by molar-refractivity contribution is 6.07. The molecule has 12 heteroatoms. The molecule has 34 heavy (non-hydrogen) atoms. The third-order valence-corrected chi connectivity index (χ3v) is 5.69. The number of carboxylic acid groups (broad SMARTS) is 1. The number of halogens is 2. The monoisotopic (exact) mass is 476 g/mol. The van der Waals surface area contributed by atoms with Crippen molar-refractivity contribution in [3.05, 3.63) is 47.7 Å². The number of pyridine rings is 1. The molecule has 1 aromatic carbocycles. The summed E-state index contributed by atoms with van der Waals surface area (Å²) in [6.45, 7) is 1.85. The number of nitrogen functional groups attached to an aromatic ring is 1. The number of nitrogens with zero attached hydrogens (tertiary/aromatic N) is 2. The van der Waals surface area contributed by atoms with Gasteiger partial charge in [0.25, 0.3) is 0 Å². The number of anilines is 1. The third-order valence-electron chi connectivity index (χ3n) is 5.69. The number of nitrogens with two attached hydrogens (primary N) is 1. The van der Waals surface area contributed by atoms with Crippen LogP contribution in [0.4, 0.5) is 19.4 Å². The number of aliphatic carboxylic acids is 1. The average molecular weight is 476 g/mol. The van der Waals surface area contributed by atoms with Gasteiger partial charge in [0.2, 0.25) is 5.91 Å². The Morgan fingerprint density at radius 1 is 1.26 bits per heavy atom. The lowest BCUT2D eigenvalue weighted by atomic mass is 9.82. The quantitative estimate of drug-likeness (QED) is 0.518. The molecular formula is C22H22F2N4O6. The number of β-lactam (4-membered cyclic amide) rings is 1. The van der Waals surface area contributed by atoms with Crippen molar-refractivity contribution < 1.29 is 37.7 Å². The second-order valence-electron chi connectivity index (χ2n) is 8.06. The van der Waals surface area contributed by atoms with Crippen LogP contribution < -0.4 is 20.5 Å². The first-order valence-electron chi connectivity index (χ1n) is 10.6. The Morgan fingerprint density at radius 3 is 2.68 bits per heavy atom. The molecular weight excluding hydrogens is 454 g/mol. The number of carbonyl (C=O) groups is 3. The third kappa shape index (κ3) is 4.43. The van der Waals surface area contributed by atoms with Crippen LogP contribution in [0.1, 0.15) is 36.9 Å². The zero-order chi connectivity index (χ0) is 24.6. The molecule has 2 aliphatic rings. The lowest BCUT2D eigenvalue weighted by molar-refractivity contribution is -0.286. The average Bonchev–Trinajstić information content (AvgIpc) is 3.07. The number of imide groups is 1. The molecule has 10 nitrogen and oxygen atoms in total. The number of aromatic nitrogens is 1. The van der Waals surface area contributed by atoms with Crippen molar-refractivity contribution in [2.24, 2.45) is 5.92 Å². The molecule has 3 atom stereocenters. The Morgan fingerprint density at radius 2 is 2.00 bits per heavy atom. The fourth-order valence-corrected chi connectivity index (χ4v) is 4.14. The van der Waals surface area contributed by atoms with Crippen molar-refractivity contribution in [2.75, 3.05) is 5.73 Å². The second-order valence-corrected chi connectivity index (χ2v) is 8.06.